The molecule has 34 heavy (non-hydrogen) atoms. The molecule has 0 radical (unpaired) electrons. The van der Waals surface area contributed by atoms with Gasteiger partial charge in [-0.05, 0) is 92.0 Å². The minimum absolute atomic E-state index is 0.171. The maximum Gasteiger partial charge on any atom is 0.255 e. The number of carbonyl (C=O) groups is 2. The van der Waals surface area contributed by atoms with Crippen LogP contribution in [0.15, 0.2) is 60.7 Å². The van der Waals surface area contributed by atoms with E-state index in [9.17, 15) is 9.59 Å². The van der Waals surface area contributed by atoms with Crippen LogP contribution in [0.1, 0.15) is 55.9 Å². The number of ether oxygens (including phenoxy) is 1. The number of hydrogen-bond acceptors (Lipinski definition) is 4. The molecule has 3 aromatic carbocycles. The molecule has 6 nitrogen and oxygen atoms in total. The van der Waals surface area contributed by atoms with Crippen LogP contribution in [-0.4, -0.2) is 37.4 Å². The van der Waals surface area contributed by atoms with Gasteiger partial charge in [0.1, 0.15) is 5.75 Å². The SMILES string of the molecule is COc1ccc(C(=O)NC(C)c2cccc(C(=O)Nc3ccc4c(c3)CN(C)CC4)c2)cc1C. The Kier molecular flexibility index (Phi) is 6.98. The minimum Gasteiger partial charge on any atom is -0.496 e. The first kappa shape index (κ1) is 23.5. The lowest BCUT2D eigenvalue weighted by atomic mass is 9.99. The van der Waals surface area contributed by atoms with E-state index in [1.807, 2.05) is 38.1 Å². The molecule has 0 aromatic heterocycles. The van der Waals surface area contributed by atoms with E-state index in [4.69, 9.17) is 4.74 Å². The van der Waals surface area contributed by atoms with Gasteiger partial charge < -0.3 is 20.3 Å². The molecule has 0 saturated heterocycles. The summed E-state index contributed by atoms with van der Waals surface area (Å²) in [6, 6.07) is 18.6. The Morgan fingerprint density at radius 3 is 2.53 bits per heavy atom. The lowest BCUT2D eigenvalue weighted by Gasteiger charge is -2.25. The Hall–Kier alpha value is -3.64. The highest BCUT2D eigenvalue weighted by molar-refractivity contribution is 6.04. The van der Waals surface area contributed by atoms with Gasteiger partial charge in [0, 0.05) is 29.9 Å². The largest absolute Gasteiger partial charge is 0.496 e. The van der Waals surface area contributed by atoms with Gasteiger partial charge in [0.25, 0.3) is 11.8 Å². The van der Waals surface area contributed by atoms with Crippen molar-refractivity contribution in [2.24, 2.45) is 0 Å². The molecule has 2 amide bonds. The Balaban J connectivity index is 1.44. The zero-order valence-corrected chi connectivity index (χ0v) is 20.1. The maximum absolute atomic E-state index is 12.9. The quantitative estimate of drug-likeness (QED) is 0.561. The number of anilines is 1. The van der Waals surface area contributed by atoms with Crippen molar-refractivity contribution in [1.82, 2.24) is 10.2 Å². The van der Waals surface area contributed by atoms with Gasteiger partial charge >= 0.3 is 0 Å². The van der Waals surface area contributed by atoms with Gasteiger partial charge in [0.2, 0.25) is 0 Å². The number of carbonyl (C=O) groups excluding carboxylic acids is 2. The van der Waals surface area contributed by atoms with Gasteiger partial charge in [-0.2, -0.15) is 0 Å². The molecule has 0 saturated carbocycles. The number of fused-ring (bicyclic) bond motifs is 1. The summed E-state index contributed by atoms with van der Waals surface area (Å²) >= 11 is 0. The number of benzene rings is 3. The number of hydrogen-bond donors (Lipinski definition) is 2. The van der Waals surface area contributed by atoms with E-state index >= 15 is 0 Å². The number of nitrogens with zero attached hydrogens (tertiary/aromatic N) is 1. The summed E-state index contributed by atoms with van der Waals surface area (Å²) < 4.78 is 5.27. The Labute approximate surface area is 200 Å². The highest BCUT2D eigenvalue weighted by Gasteiger charge is 2.16. The summed E-state index contributed by atoms with van der Waals surface area (Å²) in [6.07, 6.45) is 1.03. The molecule has 3 aromatic rings. The van der Waals surface area contributed by atoms with Crippen molar-refractivity contribution in [3.63, 3.8) is 0 Å². The highest BCUT2D eigenvalue weighted by atomic mass is 16.5. The van der Waals surface area contributed by atoms with Gasteiger partial charge in [0.15, 0.2) is 0 Å². The fourth-order valence-corrected chi connectivity index (χ4v) is 4.31. The number of methoxy groups -OCH3 is 1. The van der Waals surface area contributed by atoms with Crippen LogP contribution in [-0.2, 0) is 13.0 Å². The van der Waals surface area contributed by atoms with Gasteiger partial charge in [-0.1, -0.05) is 18.2 Å². The Bertz CT molecular complexity index is 1220. The van der Waals surface area contributed by atoms with Crippen LogP contribution in [0.3, 0.4) is 0 Å². The average Bonchev–Trinajstić information content (AvgIpc) is 2.83. The molecule has 1 aliphatic rings. The maximum atomic E-state index is 12.9. The van der Waals surface area contributed by atoms with E-state index in [1.165, 1.54) is 11.1 Å². The van der Waals surface area contributed by atoms with E-state index in [2.05, 4.69) is 34.7 Å². The third-order valence-corrected chi connectivity index (χ3v) is 6.32. The molecular weight excluding hydrogens is 426 g/mol. The molecule has 1 atom stereocenters. The number of likely N-dealkylation sites (N-methyl/N-ethyl adjacent to an activating group) is 1. The van der Waals surface area contributed by atoms with Crippen molar-refractivity contribution in [2.75, 3.05) is 26.0 Å². The van der Waals surface area contributed by atoms with Crippen LogP contribution in [0.2, 0.25) is 0 Å². The second kappa shape index (κ2) is 10.1. The summed E-state index contributed by atoms with van der Waals surface area (Å²) in [5, 5.41) is 6.03. The number of amides is 2. The third kappa shape index (κ3) is 5.29. The molecular formula is C28H31N3O3. The van der Waals surface area contributed by atoms with Gasteiger partial charge in [-0.15, -0.1) is 0 Å². The van der Waals surface area contributed by atoms with Gasteiger partial charge in [0.05, 0.1) is 13.2 Å². The first-order chi connectivity index (χ1) is 16.3. The fourth-order valence-electron chi connectivity index (χ4n) is 4.31. The number of aryl methyl sites for hydroxylation is 1. The van der Waals surface area contributed by atoms with Crippen molar-refractivity contribution in [1.29, 1.82) is 0 Å². The van der Waals surface area contributed by atoms with Crippen LogP contribution in [0.5, 0.6) is 5.75 Å². The van der Waals surface area contributed by atoms with E-state index in [-0.39, 0.29) is 17.9 Å². The summed E-state index contributed by atoms with van der Waals surface area (Å²) in [7, 11) is 3.72. The molecule has 0 spiro atoms. The fraction of sp³-hybridized carbons (Fsp3) is 0.286. The number of rotatable bonds is 6. The van der Waals surface area contributed by atoms with E-state index in [0.29, 0.717) is 11.1 Å². The Morgan fingerprint density at radius 2 is 1.76 bits per heavy atom. The van der Waals surface area contributed by atoms with E-state index in [1.54, 1.807) is 31.4 Å². The van der Waals surface area contributed by atoms with Gasteiger partial charge in [-0.3, -0.25) is 9.59 Å². The molecule has 0 fully saturated rings. The van der Waals surface area contributed by atoms with Crippen LogP contribution in [0.25, 0.3) is 0 Å². The lowest BCUT2D eigenvalue weighted by molar-refractivity contribution is 0.0939. The lowest BCUT2D eigenvalue weighted by Crippen LogP contribution is -2.27. The molecule has 0 aliphatic carbocycles. The molecule has 0 bridgehead atoms. The second-order valence-corrected chi connectivity index (χ2v) is 8.93. The van der Waals surface area contributed by atoms with Crippen LogP contribution >= 0.6 is 0 Å². The Morgan fingerprint density at radius 1 is 0.971 bits per heavy atom. The summed E-state index contributed by atoms with van der Waals surface area (Å²) in [6.45, 7) is 5.75. The first-order valence-corrected chi connectivity index (χ1v) is 11.5. The predicted molar refractivity (Wildman–Crippen MR) is 134 cm³/mol. The first-order valence-electron chi connectivity index (χ1n) is 11.5. The van der Waals surface area contributed by atoms with Crippen LogP contribution in [0, 0.1) is 6.92 Å². The average molecular weight is 458 g/mol. The van der Waals surface area contributed by atoms with Crippen molar-refractivity contribution in [3.05, 3.63) is 94.0 Å². The molecule has 2 N–H and O–H groups in total. The topological polar surface area (TPSA) is 70.7 Å². The predicted octanol–water partition coefficient (Wildman–Crippen LogP) is 4.73. The molecule has 6 heteroatoms. The van der Waals surface area contributed by atoms with Crippen molar-refractivity contribution in [3.8, 4) is 5.75 Å². The molecule has 4 rings (SSSR count). The minimum atomic E-state index is -0.262. The van der Waals surface area contributed by atoms with E-state index < -0.39 is 0 Å². The molecule has 1 heterocycles. The van der Waals surface area contributed by atoms with E-state index in [0.717, 1.165) is 42.1 Å². The zero-order valence-electron chi connectivity index (χ0n) is 20.1. The normalized spacial score (nSPS) is 14.1. The summed E-state index contributed by atoms with van der Waals surface area (Å²) in [4.78, 5) is 28.0. The van der Waals surface area contributed by atoms with Crippen molar-refractivity contribution in [2.45, 2.75) is 32.9 Å². The van der Waals surface area contributed by atoms with Crippen LogP contribution < -0.4 is 15.4 Å². The smallest absolute Gasteiger partial charge is 0.255 e. The van der Waals surface area contributed by atoms with Crippen LogP contribution in [0.4, 0.5) is 5.69 Å². The van der Waals surface area contributed by atoms with Crippen molar-refractivity contribution >= 4 is 17.5 Å². The van der Waals surface area contributed by atoms with Crippen molar-refractivity contribution < 1.29 is 14.3 Å². The molecule has 1 aliphatic heterocycles. The zero-order chi connectivity index (χ0) is 24.2. The third-order valence-electron chi connectivity index (χ3n) is 6.32. The second-order valence-electron chi connectivity index (χ2n) is 8.93. The summed E-state index contributed by atoms with van der Waals surface area (Å²) in [5.41, 5.74) is 6.26. The highest BCUT2D eigenvalue weighted by Crippen LogP contribution is 2.23. The molecule has 176 valence electrons. The molecule has 1 unspecified atom stereocenters. The van der Waals surface area contributed by atoms with Gasteiger partial charge in [-0.25, -0.2) is 0 Å². The summed E-state index contributed by atoms with van der Waals surface area (Å²) in [5.74, 6) is 0.400. The standard InChI is InChI=1S/C28H31N3O3/c1-18-14-23(9-11-26(18)34-4)27(32)29-19(2)21-6-5-7-22(15-21)28(33)30-25-10-8-20-12-13-31(3)17-24(20)16-25/h5-11,14-16,19H,12-13,17H2,1-4H3,(H,29,32)(H,30,33). The monoisotopic (exact) mass is 457 g/mol. The number of nitrogens with one attached hydrogen (secondary N) is 2.